The summed E-state index contributed by atoms with van der Waals surface area (Å²) in [6, 6.07) is 5.80. The van der Waals surface area contributed by atoms with Crippen LogP contribution in [0.15, 0.2) is 18.3 Å². The van der Waals surface area contributed by atoms with Crippen molar-refractivity contribution in [2.24, 2.45) is 0 Å². The lowest BCUT2D eigenvalue weighted by molar-refractivity contribution is 0.315. The van der Waals surface area contributed by atoms with Gasteiger partial charge in [0, 0.05) is 37.9 Å². The highest BCUT2D eigenvalue weighted by molar-refractivity contribution is 5.19. The molecule has 1 aliphatic heterocycles. The van der Waals surface area contributed by atoms with Gasteiger partial charge in [-0.05, 0) is 37.3 Å². The van der Waals surface area contributed by atoms with Gasteiger partial charge in [-0.3, -0.25) is 9.88 Å². The Morgan fingerprint density at radius 1 is 1.33 bits per heavy atom. The summed E-state index contributed by atoms with van der Waals surface area (Å²) >= 11 is 0. The molecule has 3 heteroatoms. The smallest absolute Gasteiger partial charge is 0.0575 e. The minimum atomic E-state index is 0.714. The summed E-state index contributed by atoms with van der Waals surface area (Å²) in [6.07, 6.45) is 7.07. The molecule has 0 bridgehead atoms. The summed E-state index contributed by atoms with van der Waals surface area (Å²) in [6.45, 7) is 5.63. The third-order valence-electron chi connectivity index (χ3n) is 4.06. The Hall–Kier alpha value is -0.930. The maximum Gasteiger partial charge on any atom is 0.0575 e. The number of likely N-dealkylation sites (tertiary alicyclic amines) is 1. The quantitative estimate of drug-likeness (QED) is 0.859. The van der Waals surface area contributed by atoms with E-state index in [2.05, 4.69) is 28.2 Å². The van der Waals surface area contributed by atoms with Crippen LogP contribution in [-0.4, -0.2) is 35.1 Å². The van der Waals surface area contributed by atoms with Gasteiger partial charge in [0.15, 0.2) is 0 Å². The number of hydrogen-bond acceptors (Lipinski definition) is 3. The van der Waals surface area contributed by atoms with Crippen molar-refractivity contribution in [3.63, 3.8) is 0 Å². The maximum atomic E-state index is 4.55. The number of hydrogen-bond donors (Lipinski definition) is 1. The Balaban J connectivity index is 1.56. The second-order valence-corrected chi connectivity index (χ2v) is 5.62. The van der Waals surface area contributed by atoms with Crippen LogP contribution in [0.5, 0.6) is 0 Å². The van der Waals surface area contributed by atoms with E-state index >= 15 is 0 Å². The van der Waals surface area contributed by atoms with Crippen LogP contribution in [0.2, 0.25) is 0 Å². The van der Waals surface area contributed by atoms with E-state index in [9.17, 15) is 0 Å². The highest BCUT2D eigenvalue weighted by atomic mass is 15.2. The van der Waals surface area contributed by atoms with E-state index in [-0.39, 0.29) is 0 Å². The van der Waals surface area contributed by atoms with Crippen LogP contribution in [0.1, 0.15) is 37.4 Å². The van der Waals surface area contributed by atoms with Gasteiger partial charge in [-0.15, -0.1) is 0 Å². The number of nitrogens with zero attached hydrogens (tertiary/aromatic N) is 2. The van der Waals surface area contributed by atoms with Crippen molar-refractivity contribution < 1.29 is 0 Å². The maximum absolute atomic E-state index is 4.55. The van der Waals surface area contributed by atoms with Gasteiger partial charge in [0.25, 0.3) is 0 Å². The van der Waals surface area contributed by atoms with Gasteiger partial charge in [0.05, 0.1) is 5.69 Å². The molecule has 1 aliphatic carbocycles. The third kappa shape index (κ3) is 2.90. The summed E-state index contributed by atoms with van der Waals surface area (Å²) in [5.41, 5.74) is 2.67. The molecule has 1 N–H and O–H groups in total. The van der Waals surface area contributed by atoms with Gasteiger partial charge < -0.3 is 5.32 Å². The Morgan fingerprint density at radius 2 is 2.22 bits per heavy atom. The summed E-state index contributed by atoms with van der Waals surface area (Å²) in [5, 5.41) is 3.74. The van der Waals surface area contributed by atoms with Gasteiger partial charge in [-0.2, -0.15) is 0 Å². The van der Waals surface area contributed by atoms with E-state index in [0.717, 1.165) is 19.0 Å². The van der Waals surface area contributed by atoms with E-state index in [1.807, 2.05) is 12.3 Å². The van der Waals surface area contributed by atoms with E-state index in [4.69, 9.17) is 0 Å². The van der Waals surface area contributed by atoms with Gasteiger partial charge in [0.1, 0.15) is 0 Å². The molecule has 1 atom stereocenters. The number of nitrogens with one attached hydrogen (secondary N) is 1. The van der Waals surface area contributed by atoms with Crippen LogP contribution in [0, 0.1) is 0 Å². The molecule has 0 spiro atoms. The van der Waals surface area contributed by atoms with E-state index < -0.39 is 0 Å². The second kappa shape index (κ2) is 5.37. The minimum Gasteiger partial charge on any atom is -0.310 e. The number of aromatic nitrogens is 1. The zero-order valence-corrected chi connectivity index (χ0v) is 11.2. The highest BCUT2D eigenvalue weighted by Crippen LogP contribution is 2.22. The third-order valence-corrected chi connectivity index (χ3v) is 4.06. The molecule has 1 aromatic heterocycles. The Bertz CT molecular complexity index is 400. The van der Waals surface area contributed by atoms with E-state index in [1.54, 1.807) is 0 Å². The molecule has 0 aromatic carbocycles. The Kier molecular flexibility index (Phi) is 3.62. The number of rotatable bonds is 5. The molecule has 2 heterocycles. The lowest BCUT2D eigenvalue weighted by atomic mass is 10.1. The first-order chi connectivity index (χ1) is 8.85. The van der Waals surface area contributed by atoms with Crippen molar-refractivity contribution in [2.75, 3.05) is 13.1 Å². The van der Waals surface area contributed by atoms with Crippen LogP contribution in [0.4, 0.5) is 0 Å². The summed E-state index contributed by atoms with van der Waals surface area (Å²) in [7, 11) is 0. The first kappa shape index (κ1) is 12.1. The van der Waals surface area contributed by atoms with Crippen LogP contribution in [0.3, 0.4) is 0 Å². The molecular formula is C15H23N3. The molecule has 2 aliphatic rings. The van der Waals surface area contributed by atoms with Gasteiger partial charge in [0.2, 0.25) is 0 Å². The second-order valence-electron chi connectivity index (χ2n) is 5.62. The topological polar surface area (TPSA) is 28.2 Å². The fourth-order valence-corrected chi connectivity index (χ4v) is 2.84. The lowest BCUT2D eigenvalue weighted by Gasteiger charge is -2.17. The first-order valence-electron chi connectivity index (χ1n) is 7.26. The Morgan fingerprint density at radius 3 is 3.00 bits per heavy atom. The molecule has 3 rings (SSSR count). The molecular weight excluding hydrogens is 222 g/mol. The SMILES string of the molecule is CCc1cccnc1CN1CCC(NC2CC2)C1. The molecule has 0 amide bonds. The van der Waals surface area contributed by atoms with Crippen molar-refractivity contribution in [1.29, 1.82) is 0 Å². The van der Waals surface area contributed by atoms with Crippen LogP contribution >= 0.6 is 0 Å². The van der Waals surface area contributed by atoms with E-state index in [0.29, 0.717) is 6.04 Å². The molecule has 1 aromatic rings. The highest BCUT2D eigenvalue weighted by Gasteiger charge is 2.29. The van der Waals surface area contributed by atoms with Crippen molar-refractivity contribution in [1.82, 2.24) is 15.2 Å². The van der Waals surface area contributed by atoms with Crippen molar-refractivity contribution in [3.8, 4) is 0 Å². The van der Waals surface area contributed by atoms with Crippen LogP contribution < -0.4 is 5.32 Å². The standard InChI is InChI=1S/C15H23N3/c1-2-12-4-3-8-16-15(12)11-18-9-7-14(10-18)17-13-5-6-13/h3-4,8,13-14,17H,2,5-7,9-11H2,1H3. The molecule has 98 valence electrons. The molecule has 0 radical (unpaired) electrons. The zero-order valence-electron chi connectivity index (χ0n) is 11.2. The summed E-state index contributed by atoms with van der Waals surface area (Å²) < 4.78 is 0. The normalized spacial score (nSPS) is 24.6. The van der Waals surface area contributed by atoms with Crippen molar-refractivity contribution >= 4 is 0 Å². The number of pyridine rings is 1. The number of aryl methyl sites for hydroxylation is 1. The minimum absolute atomic E-state index is 0.714. The van der Waals surface area contributed by atoms with Crippen molar-refractivity contribution in [2.45, 2.75) is 51.2 Å². The zero-order chi connectivity index (χ0) is 12.4. The summed E-state index contributed by atoms with van der Waals surface area (Å²) in [5.74, 6) is 0. The Labute approximate surface area is 110 Å². The van der Waals surface area contributed by atoms with Gasteiger partial charge in [-0.1, -0.05) is 13.0 Å². The average Bonchev–Trinajstić information content (AvgIpc) is 3.10. The largest absolute Gasteiger partial charge is 0.310 e. The molecule has 1 saturated heterocycles. The van der Waals surface area contributed by atoms with Crippen molar-refractivity contribution in [3.05, 3.63) is 29.6 Å². The summed E-state index contributed by atoms with van der Waals surface area (Å²) in [4.78, 5) is 7.09. The monoisotopic (exact) mass is 245 g/mol. The fourth-order valence-electron chi connectivity index (χ4n) is 2.84. The molecule has 1 unspecified atom stereocenters. The molecule has 2 fully saturated rings. The lowest BCUT2D eigenvalue weighted by Crippen LogP contribution is -2.33. The molecule has 18 heavy (non-hydrogen) atoms. The van der Waals surface area contributed by atoms with Crippen LogP contribution in [0.25, 0.3) is 0 Å². The van der Waals surface area contributed by atoms with Gasteiger partial charge >= 0.3 is 0 Å². The predicted molar refractivity (Wildman–Crippen MR) is 73.5 cm³/mol. The fraction of sp³-hybridized carbons (Fsp3) is 0.667. The van der Waals surface area contributed by atoms with E-state index in [1.165, 1.54) is 43.6 Å². The van der Waals surface area contributed by atoms with Gasteiger partial charge in [-0.25, -0.2) is 0 Å². The first-order valence-corrected chi connectivity index (χ1v) is 7.26. The predicted octanol–water partition coefficient (Wildman–Crippen LogP) is 1.97. The van der Waals surface area contributed by atoms with Crippen LogP contribution in [-0.2, 0) is 13.0 Å². The molecule has 3 nitrogen and oxygen atoms in total. The molecule has 1 saturated carbocycles. The average molecular weight is 245 g/mol.